The van der Waals surface area contributed by atoms with Crippen LogP contribution in [0.4, 0.5) is 0 Å². The molecule has 1 aromatic carbocycles. The maximum Gasteiger partial charge on any atom is 0.163 e. The third kappa shape index (κ3) is 2.41. The Labute approximate surface area is 110 Å². The maximum atomic E-state index is 4.29. The number of hydrogen-bond acceptors (Lipinski definition) is 2. The average molecular weight is 294 g/mol. The molecular weight excluding hydrogens is 278 g/mol. The number of rotatable bonds is 3. The van der Waals surface area contributed by atoms with Gasteiger partial charge in [0.05, 0.1) is 5.33 Å². The van der Waals surface area contributed by atoms with Crippen LogP contribution in [0.15, 0.2) is 18.2 Å². The lowest BCUT2D eigenvalue weighted by Gasteiger charge is -2.07. The van der Waals surface area contributed by atoms with Crippen molar-refractivity contribution < 1.29 is 0 Å². The predicted octanol–water partition coefficient (Wildman–Crippen LogP) is 3.48. The van der Waals surface area contributed by atoms with Gasteiger partial charge in [-0.15, -0.1) is 10.2 Å². The van der Waals surface area contributed by atoms with Crippen molar-refractivity contribution >= 4 is 15.9 Å². The second-order valence-electron chi connectivity index (χ2n) is 4.19. The van der Waals surface area contributed by atoms with E-state index in [-0.39, 0.29) is 0 Å². The first-order valence-corrected chi connectivity index (χ1v) is 6.84. The molecule has 0 aliphatic heterocycles. The molecule has 90 valence electrons. The fourth-order valence-corrected chi connectivity index (χ4v) is 2.50. The summed E-state index contributed by atoms with van der Waals surface area (Å²) in [6.45, 7) is 7.21. The summed E-state index contributed by atoms with van der Waals surface area (Å²) >= 11 is 3.44. The van der Waals surface area contributed by atoms with Crippen molar-refractivity contribution in [2.45, 2.75) is 32.6 Å². The van der Waals surface area contributed by atoms with Gasteiger partial charge in [-0.25, -0.2) is 0 Å². The Morgan fingerprint density at radius 1 is 1.12 bits per heavy atom. The molecule has 0 N–H and O–H groups in total. The van der Waals surface area contributed by atoms with E-state index in [1.807, 2.05) is 0 Å². The Morgan fingerprint density at radius 2 is 1.76 bits per heavy atom. The third-order valence-electron chi connectivity index (χ3n) is 2.74. The minimum Gasteiger partial charge on any atom is -0.311 e. The van der Waals surface area contributed by atoms with Crippen LogP contribution < -0.4 is 0 Å². The highest BCUT2D eigenvalue weighted by Gasteiger charge is 2.11. The molecule has 0 saturated heterocycles. The second kappa shape index (κ2) is 5.00. The third-order valence-corrected chi connectivity index (χ3v) is 3.24. The van der Waals surface area contributed by atoms with Gasteiger partial charge in [-0.2, -0.15) is 0 Å². The van der Waals surface area contributed by atoms with Crippen molar-refractivity contribution in [3.8, 4) is 11.4 Å². The van der Waals surface area contributed by atoms with Gasteiger partial charge < -0.3 is 4.57 Å². The Balaban J connectivity index is 2.55. The highest BCUT2D eigenvalue weighted by molar-refractivity contribution is 9.08. The normalized spacial score (nSPS) is 10.8. The molecule has 0 spiro atoms. The van der Waals surface area contributed by atoms with Gasteiger partial charge in [-0.3, -0.25) is 0 Å². The molecule has 0 saturated carbocycles. The van der Waals surface area contributed by atoms with Crippen LogP contribution in [0.1, 0.15) is 23.9 Å². The minimum atomic E-state index is 0.735. The van der Waals surface area contributed by atoms with E-state index in [2.05, 4.69) is 69.7 Å². The number of halogens is 1. The van der Waals surface area contributed by atoms with Crippen LogP contribution >= 0.6 is 15.9 Å². The van der Waals surface area contributed by atoms with Crippen LogP contribution in [-0.4, -0.2) is 14.8 Å². The quantitative estimate of drug-likeness (QED) is 0.811. The molecule has 0 aliphatic rings. The number of aryl methyl sites for hydroxylation is 2. The van der Waals surface area contributed by atoms with Gasteiger partial charge in [-0.05, 0) is 32.9 Å². The van der Waals surface area contributed by atoms with Crippen molar-refractivity contribution in [1.29, 1.82) is 0 Å². The minimum absolute atomic E-state index is 0.735. The summed E-state index contributed by atoms with van der Waals surface area (Å²) in [4.78, 5) is 0. The smallest absolute Gasteiger partial charge is 0.163 e. The SMILES string of the molecule is CCn1c(CBr)nnc1-c1cc(C)cc(C)c1. The lowest BCUT2D eigenvalue weighted by atomic mass is 10.1. The number of nitrogens with zero attached hydrogens (tertiary/aromatic N) is 3. The Hall–Kier alpha value is -1.16. The second-order valence-corrected chi connectivity index (χ2v) is 4.75. The van der Waals surface area contributed by atoms with Gasteiger partial charge in [0.15, 0.2) is 5.82 Å². The average Bonchev–Trinajstić information content (AvgIpc) is 2.70. The standard InChI is InChI=1S/C13H16BrN3/c1-4-17-12(8-14)15-16-13(17)11-6-9(2)5-10(3)7-11/h5-7H,4,8H2,1-3H3. The van der Waals surface area contributed by atoms with Crippen molar-refractivity contribution in [3.05, 3.63) is 35.2 Å². The molecule has 0 unspecified atom stereocenters. The van der Waals surface area contributed by atoms with E-state index in [4.69, 9.17) is 0 Å². The van der Waals surface area contributed by atoms with Gasteiger partial charge >= 0.3 is 0 Å². The van der Waals surface area contributed by atoms with Crippen molar-refractivity contribution in [3.63, 3.8) is 0 Å². The van der Waals surface area contributed by atoms with Crippen molar-refractivity contribution in [2.24, 2.45) is 0 Å². The van der Waals surface area contributed by atoms with Gasteiger partial charge in [0.1, 0.15) is 5.82 Å². The summed E-state index contributed by atoms with van der Waals surface area (Å²) in [5, 5.41) is 9.24. The van der Waals surface area contributed by atoms with Gasteiger partial charge in [0, 0.05) is 12.1 Å². The molecular formula is C13H16BrN3. The van der Waals surface area contributed by atoms with E-state index in [9.17, 15) is 0 Å². The molecule has 0 amide bonds. The molecule has 0 bridgehead atoms. The number of hydrogen-bond donors (Lipinski definition) is 0. The van der Waals surface area contributed by atoms with E-state index in [0.29, 0.717) is 0 Å². The monoisotopic (exact) mass is 293 g/mol. The zero-order valence-corrected chi connectivity index (χ0v) is 12.0. The Kier molecular flexibility index (Phi) is 3.62. The summed E-state index contributed by atoms with van der Waals surface area (Å²) in [6.07, 6.45) is 0. The van der Waals surface area contributed by atoms with Gasteiger partial charge in [0.2, 0.25) is 0 Å². The summed E-state index contributed by atoms with van der Waals surface area (Å²) in [6, 6.07) is 6.48. The van der Waals surface area contributed by atoms with E-state index in [1.165, 1.54) is 11.1 Å². The van der Waals surface area contributed by atoms with E-state index in [0.717, 1.165) is 29.1 Å². The topological polar surface area (TPSA) is 30.7 Å². The number of aromatic nitrogens is 3. The molecule has 2 aromatic rings. The zero-order valence-electron chi connectivity index (χ0n) is 10.4. The Bertz CT molecular complexity index is 511. The van der Waals surface area contributed by atoms with Crippen LogP contribution in [0.5, 0.6) is 0 Å². The lowest BCUT2D eigenvalue weighted by Crippen LogP contribution is -2.02. The summed E-state index contributed by atoms with van der Waals surface area (Å²) in [5.74, 6) is 1.93. The Morgan fingerprint density at radius 3 is 2.29 bits per heavy atom. The molecule has 1 heterocycles. The highest BCUT2D eigenvalue weighted by Crippen LogP contribution is 2.22. The van der Waals surface area contributed by atoms with Crippen molar-refractivity contribution in [1.82, 2.24) is 14.8 Å². The van der Waals surface area contributed by atoms with Crippen LogP contribution in [0.2, 0.25) is 0 Å². The molecule has 17 heavy (non-hydrogen) atoms. The fourth-order valence-electron chi connectivity index (χ4n) is 2.08. The first-order valence-electron chi connectivity index (χ1n) is 5.72. The molecule has 0 radical (unpaired) electrons. The molecule has 2 rings (SSSR count). The summed E-state index contributed by atoms with van der Waals surface area (Å²) in [5.41, 5.74) is 3.65. The molecule has 0 atom stereocenters. The van der Waals surface area contributed by atoms with Crippen LogP contribution in [0.25, 0.3) is 11.4 Å². The van der Waals surface area contributed by atoms with Crippen molar-refractivity contribution in [2.75, 3.05) is 0 Å². The van der Waals surface area contributed by atoms with Crippen LogP contribution in [-0.2, 0) is 11.9 Å². The van der Waals surface area contributed by atoms with E-state index in [1.54, 1.807) is 0 Å². The van der Waals surface area contributed by atoms with Gasteiger partial charge in [0.25, 0.3) is 0 Å². The first-order chi connectivity index (χ1) is 8.15. The molecule has 4 heteroatoms. The lowest BCUT2D eigenvalue weighted by molar-refractivity contribution is 0.733. The van der Waals surface area contributed by atoms with Crippen LogP contribution in [0.3, 0.4) is 0 Å². The van der Waals surface area contributed by atoms with E-state index >= 15 is 0 Å². The van der Waals surface area contributed by atoms with Crippen LogP contribution in [0, 0.1) is 13.8 Å². The number of benzene rings is 1. The summed E-state index contributed by atoms with van der Waals surface area (Å²) < 4.78 is 2.14. The predicted molar refractivity (Wildman–Crippen MR) is 73.2 cm³/mol. The fraction of sp³-hybridized carbons (Fsp3) is 0.385. The molecule has 0 fully saturated rings. The highest BCUT2D eigenvalue weighted by atomic mass is 79.9. The summed E-state index contributed by atoms with van der Waals surface area (Å²) in [7, 11) is 0. The first kappa shape index (κ1) is 12.3. The molecule has 3 nitrogen and oxygen atoms in total. The molecule has 1 aromatic heterocycles. The number of alkyl halides is 1. The van der Waals surface area contributed by atoms with Gasteiger partial charge in [-0.1, -0.05) is 33.1 Å². The molecule has 0 aliphatic carbocycles. The van der Waals surface area contributed by atoms with E-state index < -0.39 is 0 Å². The largest absolute Gasteiger partial charge is 0.311 e. The zero-order chi connectivity index (χ0) is 12.4. The maximum absolute atomic E-state index is 4.29.